The van der Waals surface area contributed by atoms with E-state index in [1.807, 2.05) is 48.5 Å². The number of H-pyrrole nitrogens is 1. The monoisotopic (exact) mass is 540 g/mol. The highest BCUT2D eigenvalue weighted by atomic mass is 35.5. The quantitative estimate of drug-likeness (QED) is 0.216. The number of aromatic nitrogens is 5. The molecule has 3 aromatic heterocycles. The lowest BCUT2D eigenvalue weighted by Gasteiger charge is -2.11. The maximum Gasteiger partial charge on any atom is 0.271 e. The number of para-hydroxylation sites is 1. The van der Waals surface area contributed by atoms with E-state index in [4.69, 9.17) is 11.6 Å². The summed E-state index contributed by atoms with van der Waals surface area (Å²) in [6, 6.07) is 21.5. The van der Waals surface area contributed by atoms with Crippen LogP contribution in [0.15, 0.2) is 85.2 Å². The van der Waals surface area contributed by atoms with Crippen LogP contribution in [0.25, 0.3) is 16.9 Å². The Morgan fingerprint density at radius 3 is 2.62 bits per heavy atom. The summed E-state index contributed by atoms with van der Waals surface area (Å²) in [6.45, 7) is 0.406. The van der Waals surface area contributed by atoms with Gasteiger partial charge in [-0.25, -0.2) is 9.67 Å². The molecule has 5 aromatic rings. The Hall–Kier alpha value is -4.96. The van der Waals surface area contributed by atoms with Crippen molar-refractivity contribution in [1.29, 1.82) is 0 Å². The highest BCUT2D eigenvalue weighted by Gasteiger charge is 2.19. The van der Waals surface area contributed by atoms with Crippen molar-refractivity contribution in [2.75, 3.05) is 24.2 Å². The van der Waals surface area contributed by atoms with Gasteiger partial charge >= 0.3 is 0 Å². The lowest BCUT2D eigenvalue weighted by atomic mass is 10.1. The standard InChI is InChI=1S/C28H25ClN8O2/c1-30-25-9-5-8-23(34-25)19-10-11-22(29)21(14-19)27(38)35-26-15-24(36-37(26)20-6-3-2-4-7-20)28(39)31-13-12-18-16-32-33-17-18/h2-11,14-17H,12-13H2,1H3,(H,30,34)(H,31,39)(H,32,33)(H,35,38). The fourth-order valence-electron chi connectivity index (χ4n) is 3.95. The van der Waals surface area contributed by atoms with Gasteiger partial charge in [0, 0.05) is 31.4 Å². The van der Waals surface area contributed by atoms with Crippen LogP contribution in [0.2, 0.25) is 5.02 Å². The van der Waals surface area contributed by atoms with Gasteiger partial charge in [-0.3, -0.25) is 14.7 Å². The molecule has 11 heteroatoms. The van der Waals surface area contributed by atoms with Gasteiger partial charge in [0.25, 0.3) is 11.8 Å². The first kappa shape index (κ1) is 25.7. The minimum atomic E-state index is -0.449. The number of nitrogens with one attached hydrogen (secondary N) is 4. The molecule has 0 spiro atoms. The predicted octanol–water partition coefficient (Wildman–Crippen LogP) is 4.58. The number of hydrogen-bond donors (Lipinski definition) is 4. The van der Waals surface area contributed by atoms with Crippen LogP contribution in [0, 0.1) is 0 Å². The third-order valence-electron chi connectivity index (χ3n) is 5.95. The van der Waals surface area contributed by atoms with Crippen molar-refractivity contribution in [2.45, 2.75) is 6.42 Å². The molecule has 0 aliphatic heterocycles. The Bertz CT molecular complexity index is 1600. The normalized spacial score (nSPS) is 10.7. The summed E-state index contributed by atoms with van der Waals surface area (Å²) in [5.41, 5.74) is 3.50. The summed E-state index contributed by atoms with van der Waals surface area (Å²) in [7, 11) is 1.79. The van der Waals surface area contributed by atoms with E-state index in [9.17, 15) is 9.59 Å². The molecule has 10 nitrogen and oxygen atoms in total. The zero-order chi connectivity index (χ0) is 27.2. The second kappa shape index (κ2) is 11.6. The fraction of sp³-hybridized carbons (Fsp3) is 0.107. The summed E-state index contributed by atoms with van der Waals surface area (Å²) in [5, 5.41) is 20.1. The van der Waals surface area contributed by atoms with Crippen LogP contribution >= 0.6 is 11.6 Å². The van der Waals surface area contributed by atoms with Crippen molar-refractivity contribution >= 4 is 35.1 Å². The van der Waals surface area contributed by atoms with Crippen molar-refractivity contribution in [1.82, 2.24) is 30.3 Å². The molecule has 0 bridgehead atoms. The molecule has 0 fully saturated rings. The summed E-state index contributed by atoms with van der Waals surface area (Å²) in [4.78, 5) is 30.8. The SMILES string of the molecule is CNc1cccc(-c2ccc(Cl)c(C(=O)Nc3cc(C(=O)NCCc4cn[nH]c4)nn3-c3ccccc3)c2)n1. The van der Waals surface area contributed by atoms with E-state index in [2.05, 4.69) is 36.2 Å². The van der Waals surface area contributed by atoms with E-state index < -0.39 is 5.91 Å². The maximum atomic E-state index is 13.4. The fourth-order valence-corrected chi connectivity index (χ4v) is 4.15. The Labute approximate surface area is 229 Å². The number of aromatic amines is 1. The van der Waals surface area contributed by atoms with Crippen molar-refractivity contribution in [3.05, 3.63) is 107 Å². The van der Waals surface area contributed by atoms with Gasteiger partial charge in [0.2, 0.25) is 0 Å². The highest BCUT2D eigenvalue weighted by Crippen LogP contribution is 2.26. The van der Waals surface area contributed by atoms with E-state index in [0.717, 1.165) is 11.1 Å². The topological polar surface area (TPSA) is 130 Å². The molecule has 0 unspecified atom stereocenters. The first-order valence-corrected chi connectivity index (χ1v) is 12.6. The summed E-state index contributed by atoms with van der Waals surface area (Å²) < 4.78 is 1.51. The van der Waals surface area contributed by atoms with E-state index in [0.29, 0.717) is 36.0 Å². The molecule has 0 aliphatic rings. The number of hydrogen-bond acceptors (Lipinski definition) is 6. The molecule has 39 heavy (non-hydrogen) atoms. The molecule has 0 aliphatic carbocycles. The van der Waals surface area contributed by atoms with Gasteiger partial charge < -0.3 is 16.0 Å². The lowest BCUT2D eigenvalue weighted by Crippen LogP contribution is -2.26. The van der Waals surface area contributed by atoms with E-state index >= 15 is 0 Å². The molecule has 196 valence electrons. The first-order valence-electron chi connectivity index (χ1n) is 12.2. The lowest BCUT2D eigenvalue weighted by molar-refractivity contribution is 0.0947. The average Bonchev–Trinajstić information content (AvgIpc) is 3.64. The van der Waals surface area contributed by atoms with Crippen LogP contribution in [-0.2, 0) is 6.42 Å². The second-order valence-corrected chi connectivity index (χ2v) is 8.99. The van der Waals surface area contributed by atoms with Crippen molar-refractivity contribution in [3.63, 3.8) is 0 Å². The first-order chi connectivity index (χ1) is 19.0. The van der Waals surface area contributed by atoms with Gasteiger partial charge in [-0.2, -0.15) is 10.2 Å². The van der Waals surface area contributed by atoms with Gasteiger partial charge in [-0.15, -0.1) is 0 Å². The number of anilines is 2. The number of amides is 2. The smallest absolute Gasteiger partial charge is 0.271 e. The van der Waals surface area contributed by atoms with Crippen LogP contribution in [0.5, 0.6) is 0 Å². The van der Waals surface area contributed by atoms with Gasteiger partial charge in [0.05, 0.1) is 28.2 Å². The molecule has 3 heterocycles. The number of carbonyl (C=O) groups is 2. The Kier molecular flexibility index (Phi) is 7.65. The van der Waals surface area contributed by atoms with Gasteiger partial charge in [0.1, 0.15) is 11.6 Å². The number of rotatable bonds is 9. The molecule has 0 saturated heterocycles. The second-order valence-electron chi connectivity index (χ2n) is 8.58. The molecule has 5 rings (SSSR count). The molecule has 0 saturated carbocycles. The zero-order valence-corrected chi connectivity index (χ0v) is 21.7. The number of halogens is 1. The molecule has 0 atom stereocenters. The Morgan fingerprint density at radius 2 is 1.85 bits per heavy atom. The van der Waals surface area contributed by atoms with Crippen LogP contribution in [0.4, 0.5) is 11.6 Å². The highest BCUT2D eigenvalue weighted by molar-refractivity contribution is 6.34. The number of carbonyl (C=O) groups excluding carboxylic acids is 2. The molecule has 2 amide bonds. The number of benzene rings is 2. The van der Waals surface area contributed by atoms with Crippen molar-refractivity contribution in [3.8, 4) is 16.9 Å². The van der Waals surface area contributed by atoms with Gasteiger partial charge in [0.15, 0.2) is 5.69 Å². The Morgan fingerprint density at radius 1 is 1.00 bits per heavy atom. The van der Waals surface area contributed by atoms with E-state index in [-0.39, 0.29) is 22.2 Å². The van der Waals surface area contributed by atoms with Crippen molar-refractivity contribution in [2.24, 2.45) is 0 Å². The van der Waals surface area contributed by atoms with Crippen LogP contribution in [0.3, 0.4) is 0 Å². The minimum absolute atomic E-state index is 0.161. The molecule has 4 N–H and O–H groups in total. The van der Waals surface area contributed by atoms with Crippen molar-refractivity contribution < 1.29 is 9.59 Å². The third kappa shape index (κ3) is 5.97. The third-order valence-corrected chi connectivity index (χ3v) is 6.28. The number of pyridine rings is 1. The van der Waals surface area contributed by atoms with Gasteiger partial charge in [-0.05, 0) is 48.4 Å². The molecule has 2 aromatic carbocycles. The average molecular weight is 541 g/mol. The maximum absolute atomic E-state index is 13.4. The van der Waals surface area contributed by atoms with Crippen LogP contribution in [-0.4, -0.2) is 50.4 Å². The Balaban J connectivity index is 1.40. The minimum Gasteiger partial charge on any atom is -0.373 e. The summed E-state index contributed by atoms with van der Waals surface area (Å²) in [5.74, 6) is 0.216. The van der Waals surface area contributed by atoms with Gasteiger partial charge in [-0.1, -0.05) is 41.9 Å². The van der Waals surface area contributed by atoms with E-state index in [1.165, 1.54) is 10.7 Å². The van der Waals surface area contributed by atoms with Crippen LogP contribution < -0.4 is 16.0 Å². The predicted molar refractivity (Wildman–Crippen MR) is 150 cm³/mol. The van der Waals surface area contributed by atoms with E-state index in [1.54, 1.807) is 37.6 Å². The van der Waals surface area contributed by atoms with Crippen LogP contribution in [0.1, 0.15) is 26.4 Å². The zero-order valence-electron chi connectivity index (χ0n) is 21.0. The number of nitrogens with zero attached hydrogens (tertiary/aromatic N) is 4. The molecular weight excluding hydrogens is 516 g/mol. The molecular formula is C28H25ClN8O2. The summed E-state index contributed by atoms with van der Waals surface area (Å²) in [6.07, 6.45) is 4.10. The largest absolute Gasteiger partial charge is 0.373 e. The summed E-state index contributed by atoms with van der Waals surface area (Å²) >= 11 is 6.43. The molecule has 0 radical (unpaired) electrons.